The molecule has 0 fully saturated rings. The Kier molecular flexibility index (Phi) is 57.4. The van der Waals surface area contributed by atoms with Gasteiger partial charge in [0, 0.05) is 19.4 Å². The Labute approximate surface area is 434 Å². The van der Waals surface area contributed by atoms with Crippen LogP contribution < -0.4 is 0 Å². The first kappa shape index (κ1) is 66.8. The van der Waals surface area contributed by atoms with Gasteiger partial charge in [0.25, 0.3) is 0 Å². The first-order valence-corrected chi connectivity index (χ1v) is 29.8. The molecule has 5 heteroatoms. The monoisotopic (exact) mass is 973 g/mol. The second-order valence-corrected chi connectivity index (χ2v) is 19.5. The minimum atomic E-state index is -0.558. The number of esters is 2. The Morgan fingerprint density at radius 1 is 0.329 bits per heavy atom. The second-order valence-electron chi connectivity index (χ2n) is 19.5. The highest BCUT2D eigenvalue weighted by Crippen LogP contribution is 2.14. The summed E-state index contributed by atoms with van der Waals surface area (Å²) in [6.45, 7) is 7.66. The van der Waals surface area contributed by atoms with Gasteiger partial charge in [-0.15, -0.1) is 0 Å². The lowest BCUT2D eigenvalue weighted by Gasteiger charge is -2.18. The van der Waals surface area contributed by atoms with E-state index in [1.165, 1.54) is 141 Å². The van der Waals surface area contributed by atoms with Crippen molar-refractivity contribution in [3.05, 3.63) is 97.2 Å². The largest absolute Gasteiger partial charge is 0.462 e. The fourth-order valence-electron chi connectivity index (χ4n) is 8.15. The molecule has 0 bridgehead atoms. The third kappa shape index (κ3) is 57.4. The summed E-state index contributed by atoms with van der Waals surface area (Å²) in [6, 6.07) is 0. The van der Waals surface area contributed by atoms with Crippen LogP contribution in [0.25, 0.3) is 0 Å². The molecule has 0 rings (SSSR count). The topological polar surface area (TPSA) is 61.8 Å². The Balaban J connectivity index is 4.34. The average Bonchev–Trinajstić information content (AvgIpc) is 3.36. The van der Waals surface area contributed by atoms with E-state index in [9.17, 15) is 9.59 Å². The Morgan fingerprint density at radius 2 is 0.643 bits per heavy atom. The van der Waals surface area contributed by atoms with Crippen LogP contribution in [0.1, 0.15) is 278 Å². The van der Waals surface area contributed by atoms with E-state index in [1.807, 2.05) is 0 Å². The van der Waals surface area contributed by atoms with Gasteiger partial charge in [-0.3, -0.25) is 9.59 Å². The fraction of sp³-hybridized carbons (Fsp3) is 0.723. The van der Waals surface area contributed by atoms with Crippen molar-refractivity contribution in [3.63, 3.8) is 0 Å². The third-order valence-electron chi connectivity index (χ3n) is 12.6. The first-order chi connectivity index (χ1) is 34.6. The van der Waals surface area contributed by atoms with Crippen molar-refractivity contribution >= 4 is 11.9 Å². The molecule has 0 aliphatic rings. The van der Waals surface area contributed by atoms with E-state index in [0.29, 0.717) is 19.4 Å². The van der Waals surface area contributed by atoms with E-state index in [2.05, 4.69) is 118 Å². The van der Waals surface area contributed by atoms with Crippen LogP contribution in [-0.2, 0) is 23.8 Å². The van der Waals surface area contributed by atoms with Gasteiger partial charge in [0.15, 0.2) is 6.10 Å². The Morgan fingerprint density at radius 3 is 1.07 bits per heavy atom. The zero-order valence-electron chi connectivity index (χ0n) is 46.3. The lowest BCUT2D eigenvalue weighted by atomic mass is 10.1. The van der Waals surface area contributed by atoms with Crippen molar-refractivity contribution in [1.29, 1.82) is 0 Å². The molecule has 0 aliphatic heterocycles. The maximum Gasteiger partial charge on any atom is 0.306 e. The van der Waals surface area contributed by atoms with Crippen LogP contribution in [0.5, 0.6) is 0 Å². The number of rotatable bonds is 54. The van der Waals surface area contributed by atoms with E-state index in [-0.39, 0.29) is 25.2 Å². The summed E-state index contributed by atoms with van der Waals surface area (Å²) in [6.07, 6.45) is 81.4. The number of hydrogen-bond donors (Lipinski definition) is 0. The molecule has 0 aromatic heterocycles. The third-order valence-corrected chi connectivity index (χ3v) is 12.6. The Bertz CT molecular complexity index is 1330. The van der Waals surface area contributed by atoms with Crippen molar-refractivity contribution in [1.82, 2.24) is 0 Å². The highest BCUT2D eigenvalue weighted by atomic mass is 16.6. The zero-order chi connectivity index (χ0) is 50.6. The van der Waals surface area contributed by atoms with Crippen LogP contribution in [0.2, 0.25) is 0 Å². The lowest BCUT2D eigenvalue weighted by Crippen LogP contribution is -2.30. The maximum atomic E-state index is 12.9. The number of carbonyl (C=O) groups is 2. The molecule has 5 nitrogen and oxygen atoms in total. The average molecular weight is 974 g/mol. The number of carbonyl (C=O) groups excluding carboxylic acids is 2. The van der Waals surface area contributed by atoms with E-state index < -0.39 is 6.10 Å². The van der Waals surface area contributed by atoms with Gasteiger partial charge >= 0.3 is 11.9 Å². The molecule has 0 N–H and O–H groups in total. The van der Waals surface area contributed by atoms with Crippen LogP contribution >= 0.6 is 0 Å². The summed E-state index contributed by atoms with van der Waals surface area (Å²) in [5.41, 5.74) is 0. The number of allylic oxidation sites excluding steroid dienone is 16. The van der Waals surface area contributed by atoms with Crippen molar-refractivity contribution < 1.29 is 23.8 Å². The first-order valence-electron chi connectivity index (χ1n) is 29.8. The molecular weight excluding hydrogens is 861 g/mol. The highest BCUT2D eigenvalue weighted by molar-refractivity contribution is 5.70. The molecule has 0 saturated carbocycles. The van der Waals surface area contributed by atoms with Crippen LogP contribution in [0.4, 0.5) is 0 Å². The smallest absolute Gasteiger partial charge is 0.306 e. The quantitative estimate of drug-likeness (QED) is 0.0345. The maximum absolute atomic E-state index is 12.9. The minimum absolute atomic E-state index is 0.0668. The summed E-state index contributed by atoms with van der Waals surface area (Å²) in [5.74, 6) is -0.424. The van der Waals surface area contributed by atoms with Crippen molar-refractivity contribution in [2.24, 2.45) is 0 Å². The normalized spacial score (nSPS) is 12.9. The van der Waals surface area contributed by atoms with Gasteiger partial charge < -0.3 is 14.2 Å². The van der Waals surface area contributed by atoms with E-state index in [0.717, 1.165) is 103 Å². The SMILES string of the molecule is CC/C=C\C/C=C\C/C=C\C/C=C\CCCCCCCCCOCC(COC(=O)CCCCCCCC/C=C\C/C=C\C/C=C\CCCCC)OC(=O)CCCCCCC/C=C\CCCCCCCC. The molecule has 0 aromatic rings. The molecule has 1 unspecified atom stereocenters. The standard InChI is InChI=1S/C65H112O5/c1-4-7-10-13-16-19-22-25-28-30-32-34-36-39-42-45-48-51-54-57-60-68-61-63(70-65(67)59-56-53-50-47-44-41-37-27-24-21-18-15-12-9-6-3)62-69-64(66)58-55-52-49-46-43-40-38-35-33-31-29-26-23-20-17-14-11-8-5-2/h7,10,16-17,19-20,25-29,32-35,37,63H,4-6,8-9,11-15,18,21-24,30-31,36,38-62H2,1-3H3/b10-7-,19-16-,20-17-,28-25-,29-26-,34-32-,35-33-,37-27-. The highest BCUT2D eigenvalue weighted by Gasteiger charge is 2.17. The van der Waals surface area contributed by atoms with Crippen molar-refractivity contribution in [3.8, 4) is 0 Å². The van der Waals surface area contributed by atoms with Crippen LogP contribution in [0.3, 0.4) is 0 Å². The molecule has 0 saturated heterocycles. The van der Waals surface area contributed by atoms with Gasteiger partial charge in [-0.1, -0.05) is 240 Å². The van der Waals surface area contributed by atoms with Gasteiger partial charge in [0.1, 0.15) is 6.61 Å². The van der Waals surface area contributed by atoms with E-state index >= 15 is 0 Å². The fourth-order valence-corrected chi connectivity index (χ4v) is 8.15. The lowest BCUT2D eigenvalue weighted by molar-refractivity contribution is -0.163. The van der Waals surface area contributed by atoms with Gasteiger partial charge in [-0.25, -0.2) is 0 Å². The zero-order valence-corrected chi connectivity index (χ0v) is 46.3. The molecule has 0 amide bonds. The van der Waals surface area contributed by atoms with Crippen LogP contribution in [-0.4, -0.2) is 37.9 Å². The predicted octanol–water partition coefficient (Wildman–Crippen LogP) is 20.6. The summed E-state index contributed by atoms with van der Waals surface area (Å²) in [5, 5.41) is 0. The molecule has 0 aromatic carbocycles. The van der Waals surface area contributed by atoms with Crippen LogP contribution in [0, 0.1) is 0 Å². The number of unbranched alkanes of at least 4 members (excludes halogenated alkanes) is 27. The van der Waals surface area contributed by atoms with Crippen molar-refractivity contribution in [2.75, 3.05) is 19.8 Å². The van der Waals surface area contributed by atoms with Crippen LogP contribution in [0.15, 0.2) is 97.2 Å². The van der Waals surface area contributed by atoms with E-state index in [1.54, 1.807) is 0 Å². The second kappa shape index (κ2) is 60.1. The Hall–Kier alpha value is -3.18. The van der Waals surface area contributed by atoms with Crippen molar-refractivity contribution in [2.45, 2.75) is 284 Å². The summed E-state index contributed by atoms with van der Waals surface area (Å²) in [7, 11) is 0. The minimum Gasteiger partial charge on any atom is -0.462 e. The van der Waals surface area contributed by atoms with Gasteiger partial charge in [-0.05, 0) is 122 Å². The molecule has 0 aliphatic carbocycles. The summed E-state index contributed by atoms with van der Waals surface area (Å²) in [4.78, 5) is 25.6. The number of ether oxygens (including phenoxy) is 3. The summed E-state index contributed by atoms with van der Waals surface area (Å²) >= 11 is 0. The molecule has 402 valence electrons. The number of hydrogen-bond acceptors (Lipinski definition) is 5. The predicted molar refractivity (Wildman–Crippen MR) is 306 cm³/mol. The summed E-state index contributed by atoms with van der Waals surface area (Å²) < 4.78 is 17.5. The molecule has 0 heterocycles. The van der Waals surface area contributed by atoms with E-state index in [4.69, 9.17) is 14.2 Å². The van der Waals surface area contributed by atoms with Gasteiger partial charge in [0.2, 0.25) is 0 Å². The van der Waals surface area contributed by atoms with Gasteiger partial charge in [-0.2, -0.15) is 0 Å². The van der Waals surface area contributed by atoms with Gasteiger partial charge in [0.05, 0.1) is 6.61 Å². The molecular formula is C65H112O5. The molecule has 0 spiro atoms. The molecule has 0 radical (unpaired) electrons. The molecule has 1 atom stereocenters. The molecule has 70 heavy (non-hydrogen) atoms.